The molecule has 4 rings (SSSR count). The number of fused-ring (bicyclic) bond motifs is 1. The summed E-state index contributed by atoms with van der Waals surface area (Å²) in [4.78, 5) is 11.3. The first kappa shape index (κ1) is 28.2. The van der Waals surface area contributed by atoms with E-state index in [0.717, 1.165) is 17.7 Å². The standard InChI is InChI=1S/C20H22F3NO4.C9H10/c1-12(25)24-11-14-10-15(20(21,22)23)5-6-16(14)17-8-13(9-19(26)28-3)4-7-18(17)27-2;1-2-5-9-7-3-6-8(9)4-1/h4-8,10,19,26H,9,11H2,1-3H3,(H,24,25);1-2,4-5H,3,6-7H2. The molecule has 0 radical (unpaired) electrons. The van der Waals surface area contributed by atoms with Gasteiger partial charge in [0.2, 0.25) is 5.91 Å². The summed E-state index contributed by atoms with van der Waals surface area (Å²) in [5.41, 5.74) is 4.39. The summed E-state index contributed by atoms with van der Waals surface area (Å²) in [6, 6.07) is 17.2. The maximum absolute atomic E-state index is 13.1. The molecule has 2 N–H and O–H groups in total. The van der Waals surface area contributed by atoms with E-state index >= 15 is 0 Å². The van der Waals surface area contributed by atoms with Crippen LogP contribution in [0.25, 0.3) is 11.1 Å². The molecule has 0 aromatic heterocycles. The molecule has 1 aliphatic rings. The highest BCUT2D eigenvalue weighted by molar-refractivity contribution is 5.76. The Hall–Kier alpha value is -3.36. The average Bonchev–Trinajstić information content (AvgIpc) is 3.36. The van der Waals surface area contributed by atoms with Crippen molar-refractivity contribution in [1.29, 1.82) is 0 Å². The van der Waals surface area contributed by atoms with Gasteiger partial charge in [0.25, 0.3) is 0 Å². The summed E-state index contributed by atoms with van der Waals surface area (Å²) >= 11 is 0. The van der Waals surface area contributed by atoms with E-state index in [2.05, 4.69) is 29.6 Å². The van der Waals surface area contributed by atoms with Gasteiger partial charge in [-0.1, -0.05) is 36.4 Å². The molecule has 3 aromatic rings. The smallest absolute Gasteiger partial charge is 0.416 e. The fourth-order valence-electron chi connectivity index (χ4n) is 4.29. The molecule has 1 atom stereocenters. The van der Waals surface area contributed by atoms with Crippen molar-refractivity contribution in [2.45, 2.75) is 51.6 Å². The molecule has 198 valence electrons. The van der Waals surface area contributed by atoms with Crippen molar-refractivity contribution in [3.05, 3.63) is 88.5 Å². The Morgan fingerprint density at radius 3 is 2.24 bits per heavy atom. The third kappa shape index (κ3) is 7.81. The lowest BCUT2D eigenvalue weighted by atomic mass is 9.94. The Morgan fingerprint density at radius 2 is 1.68 bits per heavy atom. The summed E-state index contributed by atoms with van der Waals surface area (Å²) in [5.74, 6) is 0.104. The average molecular weight is 516 g/mol. The maximum Gasteiger partial charge on any atom is 0.416 e. The minimum Gasteiger partial charge on any atom is -0.496 e. The molecule has 8 heteroatoms. The van der Waals surface area contributed by atoms with Crippen molar-refractivity contribution in [2.75, 3.05) is 14.2 Å². The first-order valence-electron chi connectivity index (χ1n) is 12.0. The van der Waals surface area contributed by atoms with Crippen LogP contribution < -0.4 is 10.1 Å². The number of aryl methyl sites for hydroxylation is 2. The lowest BCUT2D eigenvalue weighted by Gasteiger charge is -2.18. The number of aliphatic hydroxyl groups is 1. The second-order valence-corrected chi connectivity index (χ2v) is 8.83. The van der Waals surface area contributed by atoms with Gasteiger partial charge in [0.1, 0.15) is 5.75 Å². The number of halogens is 3. The Morgan fingerprint density at radius 1 is 1.00 bits per heavy atom. The van der Waals surface area contributed by atoms with Gasteiger partial charge in [-0.05, 0) is 71.3 Å². The normalized spacial score (nSPS) is 13.3. The molecule has 0 bridgehead atoms. The van der Waals surface area contributed by atoms with Crippen molar-refractivity contribution in [2.24, 2.45) is 0 Å². The summed E-state index contributed by atoms with van der Waals surface area (Å²) < 4.78 is 49.6. The van der Waals surface area contributed by atoms with E-state index in [4.69, 9.17) is 9.47 Å². The monoisotopic (exact) mass is 515 g/mol. The molecule has 1 aliphatic carbocycles. The van der Waals surface area contributed by atoms with Crippen LogP contribution in [0.4, 0.5) is 13.2 Å². The highest BCUT2D eigenvalue weighted by Gasteiger charge is 2.31. The number of aliphatic hydroxyl groups excluding tert-OH is 1. The molecule has 0 saturated carbocycles. The summed E-state index contributed by atoms with van der Waals surface area (Å²) in [5, 5.41) is 12.2. The fourth-order valence-corrected chi connectivity index (χ4v) is 4.29. The lowest BCUT2D eigenvalue weighted by molar-refractivity contribution is -0.137. The van der Waals surface area contributed by atoms with E-state index in [9.17, 15) is 23.1 Å². The zero-order chi connectivity index (χ0) is 27.0. The van der Waals surface area contributed by atoms with Gasteiger partial charge in [-0.15, -0.1) is 0 Å². The number of ether oxygens (including phenoxy) is 2. The van der Waals surface area contributed by atoms with Crippen LogP contribution >= 0.6 is 0 Å². The first-order chi connectivity index (χ1) is 17.6. The summed E-state index contributed by atoms with van der Waals surface area (Å²) in [7, 11) is 2.83. The van der Waals surface area contributed by atoms with E-state index in [0.29, 0.717) is 22.4 Å². The Labute approximate surface area is 215 Å². The number of nitrogens with one attached hydrogen (secondary N) is 1. The third-order valence-electron chi connectivity index (χ3n) is 6.21. The molecule has 0 fully saturated rings. The van der Waals surface area contributed by atoms with E-state index in [1.807, 2.05) is 0 Å². The van der Waals surface area contributed by atoms with Gasteiger partial charge in [0.05, 0.1) is 12.7 Å². The summed E-state index contributed by atoms with van der Waals surface area (Å²) in [6.45, 7) is 1.23. The first-order valence-corrected chi connectivity index (χ1v) is 12.0. The van der Waals surface area contributed by atoms with E-state index < -0.39 is 18.0 Å². The molecule has 1 amide bonds. The maximum atomic E-state index is 13.1. The zero-order valence-electron chi connectivity index (χ0n) is 21.2. The van der Waals surface area contributed by atoms with Gasteiger partial charge in [0.15, 0.2) is 6.29 Å². The minimum atomic E-state index is -4.50. The van der Waals surface area contributed by atoms with Crippen LogP contribution in [0.1, 0.15) is 41.2 Å². The second kappa shape index (κ2) is 12.7. The van der Waals surface area contributed by atoms with Crippen molar-refractivity contribution < 1.29 is 32.5 Å². The van der Waals surface area contributed by atoms with Gasteiger partial charge in [0, 0.05) is 32.6 Å². The zero-order valence-corrected chi connectivity index (χ0v) is 21.2. The number of alkyl halides is 3. The lowest BCUT2D eigenvalue weighted by Crippen LogP contribution is -2.20. The Bertz CT molecular complexity index is 1190. The van der Waals surface area contributed by atoms with E-state index in [1.165, 1.54) is 46.5 Å². The van der Waals surface area contributed by atoms with Crippen LogP contribution in [0.15, 0.2) is 60.7 Å². The molecular weight excluding hydrogens is 483 g/mol. The third-order valence-corrected chi connectivity index (χ3v) is 6.21. The number of hydrogen-bond donors (Lipinski definition) is 2. The largest absolute Gasteiger partial charge is 0.496 e. The van der Waals surface area contributed by atoms with Gasteiger partial charge in [-0.2, -0.15) is 13.2 Å². The van der Waals surface area contributed by atoms with Crippen LogP contribution in [0, 0.1) is 0 Å². The van der Waals surface area contributed by atoms with Crippen LogP contribution in [-0.4, -0.2) is 31.5 Å². The van der Waals surface area contributed by atoms with Gasteiger partial charge in [-0.3, -0.25) is 4.79 Å². The minimum absolute atomic E-state index is 0.0668. The van der Waals surface area contributed by atoms with Crippen LogP contribution in [-0.2, 0) is 41.5 Å². The quantitative estimate of drug-likeness (QED) is 0.396. The van der Waals surface area contributed by atoms with Crippen molar-refractivity contribution in [3.8, 4) is 16.9 Å². The van der Waals surface area contributed by atoms with Crippen molar-refractivity contribution in [3.63, 3.8) is 0 Å². The number of benzene rings is 3. The van der Waals surface area contributed by atoms with E-state index in [1.54, 1.807) is 29.3 Å². The fraction of sp³-hybridized carbons (Fsp3) is 0.345. The number of hydrogen-bond acceptors (Lipinski definition) is 4. The molecular formula is C29H32F3NO4. The van der Waals surface area contributed by atoms with E-state index in [-0.39, 0.29) is 18.9 Å². The number of rotatable bonds is 7. The molecule has 5 nitrogen and oxygen atoms in total. The Balaban J connectivity index is 0.000000349. The molecule has 3 aromatic carbocycles. The molecule has 0 aliphatic heterocycles. The number of carbonyl (C=O) groups excluding carboxylic acids is 1. The predicted molar refractivity (Wildman–Crippen MR) is 136 cm³/mol. The molecule has 0 heterocycles. The predicted octanol–water partition coefficient (Wildman–Crippen LogP) is 5.70. The van der Waals surface area contributed by atoms with Crippen molar-refractivity contribution >= 4 is 5.91 Å². The highest BCUT2D eigenvalue weighted by atomic mass is 19.4. The number of amides is 1. The Kier molecular flexibility index (Phi) is 9.72. The van der Waals surface area contributed by atoms with Gasteiger partial charge < -0.3 is 19.9 Å². The molecule has 0 saturated heterocycles. The molecule has 37 heavy (non-hydrogen) atoms. The number of carbonyl (C=O) groups is 1. The topological polar surface area (TPSA) is 67.8 Å². The van der Waals surface area contributed by atoms with Gasteiger partial charge >= 0.3 is 6.18 Å². The van der Waals surface area contributed by atoms with Crippen molar-refractivity contribution in [1.82, 2.24) is 5.32 Å². The van der Waals surface area contributed by atoms with Crippen LogP contribution in [0.5, 0.6) is 5.75 Å². The summed E-state index contributed by atoms with van der Waals surface area (Å²) in [6.07, 6.45) is -1.34. The molecule has 0 spiro atoms. The van der Waals surface area contributed by atoms with Crippen LogP contribution in [0.3, 0.4) is 0 Å². The van der Waals surface area contributed by atoms with Gasteiger partial charge in [-0.25, -0.2) is 0 Å². The highest BCUT2D eigenvalue weighted by Crippen LogP contribution is 2.37. The SMILES string of the molecule is COc1ccc(CC(O)OC)cc1-c1ccc(C(F)(F)F)cc1CNC(C)=O.c1ccc2c(c1)CCC2. The number of methoxy groups -OCH3 is 2. The molecule has 1 unspecified atom stereocenters. The van der Waals surface area contributed by atoms with Crippen LogP contribution in [0.2, 0.25) is 0 Å². The second-order valence-electron chi connectivity index (χ2n) is 8.83.